The Bertz CT molecular complexity index is 863. The van der Waals surface area contributed by atoms with E-state index in [1.807, 2.05) is 0 Å². The molecule has 2 aromatic rings. The van der Waals surface area contributed by atoms with Crippen LogP contribution in [0.15, 0.2) is 42.5 Å². The summed E-state index contributed by atoms with van der Waals surface area (Å²) in [6.07, 6.45) is 0. The van der Waals surface area contributed by atoms with E-state index in [4.69, 9.17) is 4.74 Å². The first-order valence-corrected chi connectivity index (χ1v) is 6.98. The molecule has 0 spiro atoms. The van der Waals surface area contributed by atoms with Crippen LogP contribution < -0.4 is 0 Å². The van der Waals surface area contributed by atoms with E-state index in [2.05, 4.69) is 0 Å². The van der Waals surface area contributed by atoms with Crippen molar-refractivity contribution in [1.82, 2.24) is 0 Å². The Morgan fingerprint density at radius 3 is 2.13 bits per heavy atom. The van der Waals surface area contributed by atoms with E-state index in [0.717, 1.165) is 0 Å². The van der Waals surface area contributed by atoms with Crippen LogP contribution >= 0.6 is 0 Å². The third kappa shape index (κ3) is 2.46. The van der Waals surface area contributed by atoms with Crippen molar-refractivity contribution < 1.29 is 23.9 Å². The van der Waals surface area contributed by atoms with Crippen molar-refractivity contribution in [3.8, 4) is 0 Å². The van der Waals surface area contributed by atoms with Gasteiger partial charge in [-0.3, -0.25) is 14.4 Å². The summed E-state index contributed by atoms with van der Waals surface area (Å²) in [6, 6.07) is 10.9. The summed E-state index contributed by atoms with van der Waals surface area (Å²) >= 11 is 0. The summed E-state index contributed by atoms with van der Waals surface area (Å²) in [5, 5.41) is 0. The second kappa shape index (κ2) is 5.61. The lowest BCUT2D eigenvalue weighted by Crippen LogP contribution is -2.24. The SMILES string of the molecule is CC(=O)COC(=O)c1cccc2c1C(=O)c1ccccc1C2=O. The molecule has 3 rings (SSSR count). The molecule has 0 bridgehead atoms. The number of benzene rings is 2. The maximum absolute atomic E-state index is 12.7. The third-order valence-corrected chi connectivity index (χ3v) is 3.58. The van der Waals surface area contributed by atoms with Crippen LogP contribution in [0.3, 0.4) is 0 Å². The van der Waals surface area contributed by atoms with Crippen molar-refractivity contribution in [1.29, 1.82) is 0 Å². The average molecular weight is 308 g/mol. The molecule has 0 atom stereocenters. The van der Waals surface area contributed by atoms with Gasteiger partial charge >= 0.3 is 5.97 Å². The molecule has 5 nitrogen and oxygen atoms in total. The van der Waals surface area contributed by atoms with Gasteiger partial charge < -0.3 is 4.74 Å². The fourth-order valence-corrected chi connectivity index (χ4v) is 2.56. The van der Waals surface area contributed by atoms with Gasteiger partial charge in [-0.25, -0.2) is 4.79 Å². The zero-order valence-electron chi connectivity index (χ0n) is 12.3. The topological polar surface area (TPSA) is 77.5 Å². The van der Waals surface area contributed by atoms with Crippen molar-refractivity contribution in [3.05, 3.63) is 70.3 Å². The van der Waals surface area contributed by atoms with Crippen LogP contribution in [-0.4, -0.2) is 29.9 Å². The predicted octanol–water partition coefficient (Wildman–Crippen LogP) is 2.21. The molecule has 0 N–H and O–H groups in total. The number of Topliss-reactive ketones (excluding diaryl/α,β-unsaturated/α-hetero) is 1. The molecule has 0 heterocycles. The Morgan fingerprint density at radius 2 is 1.48 bits per heavy atom. The second-order valence-electron chi connectivity index (χ2n) is 5.21. The number of esters is 1. The minimum absolute atomic E-state index is 0.00315. The van der Waals surface area contributed by atoms with E-state index in [1.54, 1.807) is 24.3 Å². The van der Waals surface area contributed by atoms with E-state index in [0.29, 0.717) is 5.56 Å². The number of hydrogen-bond acceptors (Lipinski definition) is 5. The maximum atomic E-state index is 12.7. The molecule has 0 amide bonds. The van der Waals surface area contributed by atoms with Gasteiger partial charge in [-0.05, 0) is 13.0 Å². The largest absolute Gasteiger partial charge is 0.454 e. The highest BCUT2D eigenvalue weighted by Gasteiger charge is 2.33. The fraction of sp³-hybridized carbons (Fsp3) is 0.111. The van der Waals surface area contributed by atoms with Gasteiger partial charge in [0.15, 0.2) is 17.3 Å². The molecule has 23 heavy (non-hydrogen) atoms. The van der Waals surface area contributed by atoms with Gasteiger partial charge in [-0.2, -0.15) is 0 Å². The molecular weight excluding hydrogens is 296 g/mol. The summed E-state index contributed by atoms with van der Waals surface area (Å²) < 4.78 is 4.88. The van der Waals surface area contributed by atoms with E-state index >= 15 is 0 Å². The molecule has 0 fully saturated rings. The van der Waals surface area contributed by atoms with E-state index in [-0.39, 0.29) is 40.4 Å². The Hall–Kier alpha value is -3.08. The van der Waals surface area contributed by atoms with E-state index in [1.165, 1.54) is 25.1 Å². The molecule has 0 aromatic heterocycles. The van der Waals surface area contributed by atoms with Crippen molar-refractivity contribution in [2.45, 2.75) is 6.92 Å². The highest BCUT2D eigenvalue weighted by Crippen LogP contribution is 2.29. The first-order chi connectivity index (χ1) is 11.0. The number of hydrogen-bond donors (Lipinski definition) is 0. The molecule has 5 heteroatoms. The summed E-state index contributed by atoms with van der Waals surface area (Å²) in [4.78, 5) is 48.3. The van der Waals surface area contributed by atoms with Crippen LogP contribution in [0.4, 0.5) is 0 Å². The second-order valence-corrected chi connectivity index (χ2v) is 5.21. The highest BCUT2D eigenvalue weighted by atomic mass is 16.5. The lowest BCUT2D eigenvalue weighted by atomic mass is 9.82. The lowest BCUT2D eigenvalue weighted by molar-refractivity contribution is -0.120. The van der Waals surface area contributed by atoms with Gasteiger partial charge in [-0.1, -0.05) is 36.4 Å². The number of ketones is 3. The van der Waals surface area contributed by atoms with Gasteiger partial charge in [-0.15, -0.1) is 0 Å². The minimum atomic E-state index is -0.794. The molecular formula is C18H12O5. The van der Waals surface area contributed by atoms with Crippen LogP contribution in [0.2, 0.25) is 0 Å². The molecule has 0 saturated heterocycles. The Balaban J connectivity index is 2.11. The minimum Gasteiger partial charge on any atom is -0.454 e. The maximum Gasteiger partial charge on any atom is 0.339 e. The molecule has 1 aliphatic carbocycles. The normalized spacial score (nSPS) is 12.4. The fourth-order valence-electron chi connectivity index (χ4n) is 2.56. The number of rotatable bonds is 3. The van der Waals surface area contributed by atoms with Crippen LogP contribution in [0.25, 0.3) is 0 Å². The average Bonchev–Trinajstić information content (AvgIpc) is 2.57. The molecule has 1 aliphatic rings. The van der Waals surface area contributed by atoms with Crippen LogP contribution in [0.5, 0.6) is 0 Å². The smallest absolute Gasteiger partial charge is 0.339 e. The van der Waals surface area contributed by atoms with Gasteiger partial charge in [0.25, 0.3) is 0 Å². The summed E-state index contributed by atoms with van der Waals surface area (Å²) in [5.41, 5.74) is 0.781. The first kappa shape index (κ1) is 14.8. The number of fused-ring (bicyclic) bond motifs is 2. The molecule has 2 aromatic carbocycles. The van der Waals surface area contributed by atoms with Crippen molar-refractivity contribution in [2.24, 2.45) is 0 Å². The number of ether oxygens (including phenoxy) is 1. The lowest BCUT2D eigenvalue weighted by Gasteiger charge is -2.19. The first-order valence-electron chi connectivity index (χ1n) is 6.98. The van der Waals surface area contributed by atoms with Crippen molar-refractivity contribution >= 4 is 23.3 Å². The van der Waals surface area contributed by atoms with E-state index in [9.17, 15) is 19.2 Å². The van der Waals surface area contributed by atoms with Crippen LogP contribution in [0, 0.1) is 0 Å². The molecule has 114 valence electrons. The van der Waals surface area contributed by atoms with Gasteiger partial charge in [0.05, 0.1) is 5.56 Å². The monoisotopic (exact) mass is 308 g/mol. The van der Waals surface area contributed by atoms with Gasteiger partial charge in [0, 0.05) is 22.3 Å². The molecule has 0 saturated carbocycles. The van der Waals surface area contributed by atoms with Gasteiger partial charge in [0.1, 0.15) is 6.61 Å². The summed E-state index contributed by atoms with van der Waals surface area (Å²) in [5.74, 6) is -1.81. The molecule has 0 radical (unpaired) electrons. The third-order valence-electron chi connectivity index (χ3n) is 3.58. The van der Waals surface area contributed by atoms with Crippen LogP contribution in [0.1, 0.15) is 49.1 Å². The van der Waals surface area contributed by atoms with Crippen LogP contribution in [-0.2, 0) is 9.53 Å². The van der Waals surface area contributed by atoms with Crippen molar-refractivity contribution in [3.63, 3.8) is 0 Å². The molecule has 0 aliphatic heterocycles. The van der Waals surface area contributed by atoms with Crippen molar-refractivity contribution in [2.75, 3.05) is 6.61 Å². The highest BCUT2D eigenvalue weighted by molar-refractivity contribution is 6.30. The molecule has 0 unspecified atom stereocenters. The van der Waals surface area contributed by atoms with E-state index < -0.39 is 11.8 Å². The summed E-state index contributed by atoms with van der Waals surface area (Å²) in [6.45, 7) is 0.917. The Kier molecular flexibility index (Phi) is 3.62. The summed E-state index contributed by atoms with van der Waals surface area (Å²) in [7, 11) is 0. The predicted molar refractivity (Wildman–Crippen MR) is 80.7 cm³/mol. The Morgan fingerprint density at radius 1 is 0.870 bits per heavy atom. The Labute approximate surface area is 131 Å². The zero-order valence-corrected chi connectivity index (χ0v) is 12.3. The van der Waals surface area contributed by atoms with Gasteiger partial charge in [0.2, 0.25) is 0 Å². The number of carbonyl (C=O) groups is 4. The quantitative estimate of drug-likeness (QED) is 0.693. The zero-order chi connectivity index (χ0) is 16.6. The standard InChI is InChI=1S/C18H12O5/c1-10(19)9-23-18(22)14-8-4-7-13-15(14)17(21)12-6-3-2-5-11(12)16(13)20/h2-8H,9H2,1H3. The number of carbonyl (C=O) groups excluding carboxylic acids is 4.